The molecule has 2 nitrogen and oxygen atoms in total. The van der Waals surface area contributed by atoms with Crippen LogP contribution in [0, 0.1) is 5.82 Å². The van der Waals surface area contributed by atoms with E-state index < -0.39 is 11.7 Å². The van der Waals surface area contributed by atoms with Gasteiger partial charge < -0.3 is 9.84 Å². The van der Waals surface area contributed by atoms with Gasteiger partial charge in [-0.15, -0.1) is 0 Å². The summed E-state index contributed by atoms with van der Waals surface area (Å²) in [6.07, 6.45) is -0.0510. The number of fused-ring (bicyclic) bond motifs is 1. The van der Waals surface area contributed by atoms with Crippen molar-refractivity contribution in [3.05, 3.63) is 53.3 Å². The molecule has 3 heteroatoms. The largest absolute Gasteiger partial charge is 0.487 e. The summed E-state index contributed by atoms with van der Waals surface area (Å²) in [5.41, 5.74) is 3.37. The molecule has 0 radical (unpaired) electrons. The Morgan fingerprint density at radius 1 is 1.17 bits per heavy atom. The van der Waals surface area contributed by atoms with Crippen molar-refractivity contribution >= 4 is 0 Å². The Bertz CT molecular complexity index is 717. The van der Waals surface area contributed by atoms with E-state index in [1.165, 1.54) is 12.1 Å². The van der Waals surface area contributed by atoms with Gasteiger partial charge in [0, 0.05) is 12.0 Å². The minimum atomic E-state index is -0.588. The predicted octanol–water partition coefficient (Wildman–Crippen LogP) is 5.21. The van der Waals surface area contributed by atoms with Gasteiger partial charge in [0.25, 0.3) is 0 Å². The number of benzene rings is 2. The van der Waals surface area contributed by atoms with Crippen LogP contribution in [0.3, 0.4) is 0 Å². The highest BCUT2D eigenvalue weighted by atomic mass is 19.1. The molecule has 1 aliphatic heterocycles. The molecule has 3 rings (SSSR count). The lowest BCUT2D eigenvalue weighted by molar-refractivity contribution is 0.0118. The highest BCUT2D eigenvalue weighted by Gasteiger charge is 2.35. The van der Waals surface area contributed by atoms with Crippen molar-refractivity contribution in [2.45, 2.75) is 51.7 Å². The Kier molecular flexibility index (Phi) is 3.93. The van der Waals surface area contributed by atoms with E-state index in [-0.39, 0.29) is 5.82 Å². The minimum absolute atomic E-state index is 0.263. The van der Waals surface area contributed by atoms with Gasteiger partial charge in [-0.25, -0.2) is 4.39 Å². The number of rotatable bonds is 2. The number of hydrogen-bond donors (Lipinski definition) is 1. The summed E-state index contributed by atoms with van der Waals surface area (Å²) < 4.78 is 19.4. The molecule has 1 unspecified atom stereocenters. The standard InChI is InChI=1S/C20H23FO2/c1-12(2)14-9-16(13-5-7-15(21)8-6-13)19-17(22)11-20(3,4)23-18(19)10-14/h5-10,12,17,22H,11H2,1-4H3. The first kappa shape index (κ1) is 16.0. The van der Waals surface area contributed by atoms with Crippen molar-refractivity contribution in [3.8, 4) is 16.9 Å². The molecule has 0 aliphatic carbocycles. The molecule has 2 aromatic rings. The normalized spacial score (nSPS) is 19.3. The molecule has 1 atom stereocenters. The lowest BCUT2D eigenvalue weighted by Gasteiger charge is -2.37. The van der Waals surface area contributed by atoms with Gasteiger partial charge in [0.15, 0.2) is 0 Å². The van der Waals surface area contributed by atoms with Gasteiger partial charge in [-0.05, 0) is 54.7 Å². The summed E-state index contributed by atoms with van der Waals surface area (Å²) in [7, 11) is 0. The predicted molar refractivity (Wildman–Crippen MR) is 90.2 cm³/mol. The minimum Gasteiger partial charge on any atom is -0.487 e. The van der Waals surface area contributed by atoms with Crippen LogP contribution in [-0.4, -0.2) is 10.7 Å². The molecule has 23 heavy (non-hydrogen) atoms. The van der Waals surface area contributed by atoms with E-state index >= 15 is 0 Å². The van der Waals surface area contributed by atoms with Gasteiger partial charge >= 0.3 is 0 Å². The zero-order valence-corrected chi connectivity index (χ0v) is 14.1. The SMILES string of the molecule is CC(C)c1cc2c(c(-c3ccc(F)cc3)c1)C(O)CC(C)(C)O2. The zero-order valence-electron chi connectivity index (χ0n) is 14.1. The van der Waals surface area contributed by atoms with Crippen LogP contribution in [0.25, 0.3) is 11.1 Å². The molecular formula is C20H23FO2. The molecule has 0 saturated carbocycles. The first-order valence-corrected chi connectivity index (χ1v) is 8.08. The highest BCUT2D eigenvalue weighted by Crippen LogP contribution is 2.46. The van der Waals surface area contributed by atoms with Crippen LogP contribution in [0.2, 0.25) is 0 Å². The summed E-state index contributed by atoms with van der Waals surface area (Å²) >= 11 is 0. The van der Waals surface area contributed by atoms with Crippen LogP contribution in [0.1, 0.15) is 57.3 Å². The van der Waals surface area contributed by atoms with E-state index in [9.17, 15) is 9.50 Å². The van der Waals surface area contributed by atoms with Crippen LogP contribution < -0.4 is 4.74 Å². The first-order chi connectivity index (χ1) is 10.8. The molecule has 0 amide bonds. The number of aliphatic hydroxyl groups excluding tert-OH is 1. The van der Waals surface area contributed by atoms with E-state index in [0.717, 1.165) is 28.0 Å². The van der Waals surface area contributed by atoms with E-state index in [2.05, 4.69) is 19.9 Å². The molecule has 0 saturated heterocycles. The number of aliphatic hydroxyl groups is 1. The average Bonchev–Trinajstić information content (AvgIpc) is 2.45. The van der Waals surface area contributed by atoms with E-state index in [4.69, 9.17) is 4.74 Å². The molecule has 122 valence electrons. The second-order valence-corrected chi connectivity index (χ2v) is 7.22. The Morgan fingerprint density at radius 3 is 2.43 bits per heavy atom. The maximum atomic E-state index is 13.3. The van der Waals surface area contributed by atoms with Gasteiger partial charge in [-0.3, -0.25) is 0 Å². The van der Waals surface area contributed by atoms with E-state index in [0.29, 0.717) is 12.3 Å². The van der Waals surface area contributed by atoms with Crippen LogP contribution in [0.5, 0.6) is 5.75 Å². The quantitative estimate of drug-likeness (QED) is 0.824. The third-order valence-corrected chi connectivity index (χ3v) is 4.39. The first-order valence-electron chi connectivity index (χ1n) is 8.08. The Morgan fingerprint density at radius 2 is 1.83 bits per heavy atom. The van der Waals surface area contributed by atoms with Gasteiger partial charge in [0.2, 0.25) is 0 Å². The molecule has 0 spiro atoms. The van der Waals surface area contributed by atoms with Crippen molar-refractivity contribution < 1.29 is 14.2 Å². The molecule has 2 aromatic carbocycles. The maximum Gasteiger partial charge on any atom is 0.126 e. The van der Waals surface area contributed by atoms with Crippen molar-refractivity contribution in [1.82, 2.24) is 0 Å². The van der Waals surface area contributed by atoms with Crippen LogP contribution in [0.15, 0.2) is 36.4 Å². The van der Waals surface area contributed by atoms with Crippen molar-refractivity contribution in [3.63, 3.8) is 0 Å². The third kappa shape index (κ3) is 3.11. The van der Waals surface area contributed by atoms with Crippen LogP contribution in [-0.2, 0) is 0 Å². The van der Waals surface area contributed by atoms with Crippen molar-refractivity contribution in [1.29, 1.82) is 0 Å². The van der Waals surface area contributed by atoms with Crippen LogP contribution in [0.4, 0.5) is 4.39 Å². The third-order valence-electron chi connectivity index (χ3n) is 4.39. The van der Waals surface area contributed by atoms with Gasteiger partial charge in [-0.2, -0.15) is 0 Å². The average molecular weight is 314 g/mol. The smallest absolute Gasteiger partial charge is 0.126 e. The molecule has 0 fully saturated rings. The summed E-state index contributed by atoms with van der Waals surface area (Å²) in [5.74, 6) is 0.810. The monoisotopic (exact) mass is 314 g/mol. The van der Waals surface area contributed by atoms with Crippen molar-refractivity contribution in [2.75, 3.05) is 0 Å². The Hall–Kier alpha value is -1.87. The lowest BCUT2D eigenvalue weighted by Crippen LogP contribution is -2.35. The van der Waals surface area contributed by atoms with Crippen LogP contribution >= 0.6 is 0 Å². The molecular weight excluding hydrogens is 291 g/mol. The second-order valence-electron chi connectivity index (χ2n) is 7.22. The Balaban J connectivity index is 2.22. The summed E-state index contributed by atoms with van der Waals surface area (Å²) in [6, 6.07) is 10.5. The molecule has 1 aliphatic rings. The molecule has 1 N–H and O–H groups in total. The number of ether oxygens (including phenoxy) is 1. The second kappa shape index (κ2) is 5.64. The fourth-order valence-corrected chi connectivity index (χ4v) is 3.18. The van der Waals surface area contributed by atoms with E-state index in [1.807, 2.05) is 19.9 Å². The summed E-state index contributed by atoms with van der Waals surface area (Å²) in [4.78, 5) is 0. The van der Waals surface area contributed by atoms with Gasteiger partial charge in [-0.1, -0.05) is 32.0 Å². The van der Waals surface area contributed by atoms with E-state index in [1.54, 1.807) is 12.1 Å². The van der Waals surface area contributed by atoms with Crippen molar-refractivity contribution in [2.24, 2.45) is 0 Å². The lowest BCUT2D eigenvalue weighted by atomic mass is 9.84. The fraction of sp³-hybridized carbons (Fsp3) is 0.400. The number of halogens is 1. The molecule has 1 heterocycles. The topological polar surface area (TPSA) is 29.5 Å². The summed E-state index contributed by atoms with van der Waals surface area (Å²) in [5, 5.41) is 10.7. The zero-order chi connectivity index (χ0) is 16.8. The maximum absolute atomic E-state index is 13.3. The summed E-state index contributed by atoms with van der Waals surface area (Å²) in [6.45, 7) is 8.22. The van der Waals surface area contributed by atoms with Gasteiger partial charge in [0.1, 0.15) is 17.2 Å². The Labute approximate surface area is 136 Å². The van der Waals surface area contributed by atoms with Gasteiger partial charge in [0.05, 0.1) is 6.10 Å². The number of hydrogen-bond acceptors (Lipinski definition) is 2. The fourth-order valence-electron chi connectivity index (χ4n) is 3.18. The highest BCUT2D eigenvalue weighted by molar-refractivity contribution is 5.72. The molecule has 0 aromatic heterocycles. The molecule has 0 bridgehead atoms.